The van der Waals surface area contributed by atoms with E-state index < -0.39 is 0 Å². The van der Waals surface area contributed by atoms with Crippen LogP contribution in [0.1, 0.15) is 16.1 Å². The van der Waals surface area contributed by atoms with Crippen LogP contribution in [0, 0.1) is 0 Å². The number of carbonyl (C=O) groups excluding carboxylic acids is 1. The first-order chi connectivity index (χ1) is 12.3. The van der Waals surface area contributed by atoms with E-state index in [9.17, 15) is 4.79 Å². The molecule has 0 spiro atoms. The van der Waals surface area contributed by atoms with Gasteiger partial charge >= 0.3 is 0 Å². The van der Waals surface area contributed by atoms with Gasteiger partial charge in [0.2, 0.25) is 11.7 Å². The van der Waals surface area contributed by atoms with E-state index in [-0.39, 0.29) is 5.78 Å². The second kappa shape index (κ2) is 6.20. The molecule has 5 nitrogen and oxygen atoms in total. The van der Waals surface area contributed by atoms with Crippen molar-refractivity contribution in [3.05, 3.63) is 84.3 Å². The van der Waals surface area contributed by atoms with Crippen LogP contribution in [-0.4, -0.2) is 27.4 Å². The van der Waals surface area contributed by atoms with E-state index in [1.54, 1.807) is 48.3 Å². The number of rotatable bonds is 4. The number of methoxy groups -OCH3 is 1. The van der Waals surface area contributed by atoms with Gasteiger partial charge in [-0.3, -0.25) is 9.36 Å². The first-order valence-electron chi connectivity index (χ1n) is 7.84. The van der Waals surface area contributed by atoms with Gasteiger partial charge in [-0.1, -0.05) is 30.3 Å². The van der Waals surface area contributed by atoms with Crippen molar-refractivity contribution in [1.82, 2.24) is 14.5 Å². The van der Waals surface area contributed by atoms with Crippen LogP contribution in [0.15, 0.2) is 73.1 Å². The number of ketones is 1. The van der Waals surface area contributed by atoms with Crippen molar-refractivity contribution in [1.29, 1.82) is 0 Å². The third-order valence-electron chi connectivity index (χ3n) is 4.03. The van der Waals surface area contributed by atoms with Crippen LogP contribution in [0.4, 0.5) is 0 Å². The van der Waals surface area contributed by atoms with Gasteiger partial charge < -0.3 is 4.74 Å². The van der Waals surface area contributed by atoms with Crippen molar-refractivity contribution >= 4 is 16.7 Å². The van der Waals surface area contributed by atoms with Crippen molar-refractivity contribution in [2.75, 3.05) is 7.11 Å². The minimum Gasteiger partial charge on any atom is -0.497 e. The molecule has 0 aliphatic carbocycles. The van der Waals surface area contributed by atoms with Gasteiger partial charge in [0.25, 0.3) is 0 Å². The van der Waals surface area contributed by atoms with Crippen LogP contribution >= 0.6 is 0 Å². The maximum atomic E-state index is 13.1. The van der Waals surface area contributed by atoms with E-state index in [0.717, 1.165) is 10.9 Å². The zero-order valence-electron chi connectivity index (χ0n) is 13.6. The van der Waals surface area contributed by atoms with E-state index >= 15 is 0 Å². The monoisotopic (exact) mass is 329 g/mol. The molecule has 25 heavy (non-hydrogen) atoms. The van der Waals surface area contributed by atoms with Crippen molar-refractivity contribution < 1.29 is 9.53 Å². The third-order valence-corrected chi connectivity index (χ3v) is 4.03. The summed E-state index contributed by atoms with van der Waals surface area (Å²) in [5.41, 5.74) is 1.96. The number of fused-ring (bicyclic) bond motifs is 1. The van der Waals surface area contributed by atoms with E-state index in [1.807, 2.05) is 36.4 Å². The summed E-state index contributed by atoms with van der Waals surface area (Å²) in [6.45, 7) is 0. The lowest BCUT2D eigenvalue weighted by Gasteiger charge is -2.09. The standard InChI is InChI=1S/C20H15N3O2/c1-25-16-8-4-7-15(12-16)19(24)18-13-14-6-2-3-9-17(14)23(18)20-21-10-5-11-22-20/h2-13H,1H3. The minimum atomic E-state index is -0.109. The molecule has 2 aromatic heterocycles. The second-order valence-electron chi connectivity index (χ2n) is 5.53. The summed E-state index contributed by atoms with van der Waals surface area (Å²) >= 11 is 0. The molecule has 0 radical (unpaired) electrons. The predicted molar refractivity (Wildman–Crippen MR) is 95.3 cm³/mol. The molecule has 5 heteroatoms. The van der Waals surface area contributed by atoms with Crippen LogP contribution in [0.2, 0.25) is 0 Å². The van der Waals surface area contributed by atoms with Gasteiger partial charge in [0.15, 0.2) is 0 Å². The molecule has 0 bridgehead atoms. The lowest BCUT2D eigenvalue weighted by atomic mass is 10.1. The molecule has 0 aliphatic rings. The molecular formula is C20H15N3O2. The van der Waals surface area contributed by atoms with E-state index in [2.05, 4.69) is 9.97 Å². The maximum Gasteiger partial charge on any atom is 0.234 e. The molecule has 0 unspecified atom stereocenters. The highest BCUT2D eigenvalue weighted by molar-refractivity contribution is 6.11. The Morgan fingerprint density at radius 3 is 2.56 bits per heavy atom. The fraction of sp³-hybridized carbons (Fsp3) is 0.0500. The summed E-state index contributed by atoms with van der Waals surface area (Å²) < 4.78 is 7.02. The smallest absolute Gasteiger partial charge is 0.234 e. The van der Waals surface area contributed by atoms with Crippen LogP contribution in [0.3, 0.4) is 0 Å². The number of ether oxygens (including phenoxy) is 1. The molecule has 0 aliphatic heterocycles. The van der Waals surface area contributed by atoms with Gasteiger partial charge in [-0.15, -0.1) is 0 Å². The molecule has 0 amide bonds. The van der Waals surface area contributed by atoms with Crippen LogP contribution in [0.25, 0.3) is 16.9 Å². The summed E-state index contributed by atoms with van der Waals surface area (Å²) in [5.74, 6) is 1.00. The number of carbonyl (C=O) groups is 1. The number of benzene rings is 2. The number of aromatic nitrogens is 3. The Morgan fingerprint density at radius 2 is 1.76 bits per heavy atom. The Bertz CT molecular complexity index is 1050. The Kier molecular flexibility index (Phi) is 3.74. The minimum absolute atomic E-state index is 0.109. The lowest BCUT2D eigenvalue weighted by Crippen LogP contribution is -2.11. The number of para-hydroxylation sites is 1. The molecular weight excluding hydrogens is 314 g/mol. The fourth-order valence-corrected chi connectivity index (χ4v) is 2.86. The van der Waals surface area contributed by atoms with Gasteiger partial charge in [-0.2, -0.15) is 0 Å². The second-order valence-corrected chi connectivity index (χ2v) is 5.53. The Labute approximate surface area is 144 Å². The molecule has 4 aromatic rings. The average molecular weight is 329 g/mol. The van der Waals surface area contributed by atoms with Crippen LogP contribution in [-0.2, 0) is 0 Å². The zero-order chi connectivity index (χ0) is 17.2. The summed E-state index contributed by atoms with van der Waals surface area (Å²) in [4.78, 5) is 21.8. The Balaban J connectivity index is 1.93. The first-order valence-corrected chi connectivity index (χ1v) is 7.84. The molecule has 0 atom stereocenters. The fourth-order valence-electron chi connectivity index (χ4n) is 2.86. The molecule has 122 valence electrons. The Morgan fingerprint density at radius 1 is 0.960 bits per heavy atom. The maximum absolute atomic E-state index is 13.1. The van der Waals surface area contributed by atoms with Gasteiger partial charge in [-0.05, 0) is 30.3 Å². The van der Waals surface area contributed by atoms with Gasteiger partial charge in [0.1, 0.15) is 5.75 Å². The van der Waals surface area contributed by atoms with Gasteiger partial charge in [-0.25, -0.2) is 9.97 Å². The summed E-state index contributed by atoms with van der Waals surface area (Å²) in [6.07, 6.45) is 3.33. The predicted octanol–water partition coefficient (Wildman–Crippen LogP) is 3.66. The Hall–Kier alpha value is -3.47. The molecule has 0 N–H and O–H groups in total. The largest absolute Gasteiger partial charge is 0.497 e. The molecule has 2 heterocycles. The number of nitrogens with zero attached hydrogens (tertiary/aromatic N) is 3. The van der Waals surface area contributed by atoms with E-state index in [4.69, 9.17) is 4.74 Å². The number of hydrogen-bond acceptors (Lipinski definition) is 4. The van der Waals surface area contributed by atoms with E-state index in [1.165, 1.54) is 0 Å². The summed E-state index contributed by atoms with van der Waals surface area (Å²) in [7, 11) is 1.58. The highest BCUT2D eigenvalue weighted by Gasteiger charge is 2.19. The van der Waals surface area contributed by atoms with Crippen molar-refractivity contribution in [3.8, 4) is 11.7 Å². The third kappa shape index (κ3) is 2.65. The molecule has 0 saturated heterocycles. The highest BCUT2D eigenvalue weighted by atomic mass is 16.5. The zero-order valence-corrected chi connectivity index (χ0v) is 13.6. The van der Waals surface area contributed by atoms with E-state index in [0.29, 0.717) is 23.0 Å². The molecule has 4 rings (SSSR count). The highest BCUT2D eigenvalue weighted by Crippen LogP contribution is 2.25. The lowest BCUT2D eigenvalue weighted by molar-refractivity contribution is 0.103. The van der Waals surface area contributed by atoms with Crippen molar-refractivity contribution in [2.24, 2.45) is 0 Å². The quantitative estimate of drug-likeness (QED) is 0.536. The summed E-state index contributed by atoms with van der Waals surface area (Å²) in [6, 6.07) is 18.5. The first kappa shape index (κ1) is 15.1. The number of hydrogen-bond donors (Lipinski definition) is 0. The van der Waals surface area contributed by atoms with Crippen molar-refractivity contribution in [3.63, 3.8) is 0 Å². The summed E-state index contributed by atoms with van der Waals surface area (Å²) in [5, 5.41) is 0.959. The van der Waals surface area contributed by atoms with Gasteiger partial charge in [0, 0.05) is 23.3 Å². The van der Waals surface area contributed by atoms with Crippen molar-refractivity contribution in [2.45, 2.75) is 0 Å². The molecule has 0 saturated carbocycles. The molecule has 2 aromatic carbocycles. The normalized spacial score (nSPS) is 10.8. The van der Waals surface area contributed by atoms with Crippen LogP contribution in [0.5, 0.6) is 5.75 Å². The molecule has 0 fully saturated rings. The SMILES string of the molecule is COc1cccc(C(=O)c2cc3ccccc3n2-c2ncccn2)c1. The van der Waals surface area contributed by atoms with Crippen LogP contribution < -0.4 is 4.74 Å². The topological polar surface area (TPSA) is 57.0 Å². The average Bonchev–Trinajstić information content (AvgIpc) is 3.07. The van der Waals surface area contributed by atoms with Gasteiger partial charge in [0.05, 0.1) is 18.3 Å².